The highest BCUT2D eigenvalue weighted by atomic mass is 35.5. The minimum atomic E-state index is -0.310. The van der Waals surface area contributed by atoms with Crippen LogP contribution in [-0.2, 0) is 6.42 Å². The fourth-order valence-corrected chi connectivity index (χ4v) is 2.62. The van der Waals surface area contributed by atoms with E-state index in [-0.39, 0.29) is 12.4 Å². The molecule has 1 heterocycles. The van der Waals surface area contributed by atoms with Crippen molar-refractivity contribution in [2.75, 3.05) is 6.61 Å². The van der Waals surface area contributed by atoms with Gasteiger partial charge in [0.05, 0.1) is 11.2 Å². The molecule has 0 fully saturated rings. The highest BCUT2D eigenvalue weighted by molar-refractivity contribution is 6.35. The lowest BCUT2D eigenvalue weighted by atomic mass is 10.0. The number of aromatic nitrogens is 1. The lowest BCUT2D eigenvalue weighted by Gasteiger charge is -2.11. The van der Waals surface area contributed by atoms with Crippen LogP contribution in [0.1, 0.15) is 5.56 Å². The minimum Gasteiger partial charge on any atom is -0.396 e. The Morgan fingerprint density at radius 3 is 2.67 bits per heavy atom. The van der Waals surface area contributed by atoms with E-state index in [0.717, 1.165) is 16.5 Å². The summed E-state index contributed by atoms with van der Waals surface area (Å²) in [4.78, 5) is 4.60. The van der Waals surface area contributed by atoms with Gasteiger partial charge in [-0.1, -0.05) is 29.8 Å². The number of rotatable bonds is 3. The summed E-state index contributed by atoms with van der Waals surface area (Å²) in [6, 6.07) is 13.7. The van der Waals surface area contributed by atoms with Crippen molar-refractivity contribution in [2.24, 2.45) is 0 Å². The first-order valence-electron chi connectivity index (χ1n) is 6.64. The van der Waals surface area contributed by atoms with Gasteiger partial charge >= 0.3 is 0 Å². The number of aliphatic hydroxyl groups is 1. The van der Waals surface area contributed by atoms with E-state index in [4.69, 9.17) is 11.6 Å². The van der Waals surface area contributed by atoms with Crippen molar-refractivity contribution >= 4 is 22.5 Å². The topological polar surface area (TPSA) is 33.1 Å². The number of nitrogens with zero attached hydrogens (tertiary/aromatic N) is 1. The maximum absolute atomic E-state index is 13.5. The smallest absolute Gasteiger partial charge is 0.123 e. The van der Waals surface area contributed by atoms with Gasteiger partial charge in [0.1, 0.15) is 5.82 Å². The highest BCUT2D eigenvalue weighted by Gasteiger charge is 2.11. The van der Waals surface area contributed by atoms with E-state index in [1.165, 1.54) is 12.1 Å². The lowest BCUT2D eigenvalue weighted by molar-refractivity contribution is 0.299. The van der Waals surface area contributed by atoms with E-state index in [1.54, 1.807) is 12.1 Å². The number of aliphatic hydroxyl groups excluding tert-OH is 1. The zero-order valence-corrected chi connectivity index (χ0v) is 11.9. The van der Waals surface area contributed by atoms with Gasteiger partial charge in [0.15, 0.2) is 0 Å². The first kappa shape index (κ1) is 14.0. The Labute approximate surface area is 126 Å². The Balaban J connectivity index is 2.27. The second-order valence-corrected chi connectivity index (χ2v) is 5.19. The third-order valence-electron chi connectivity index (χ3n) is 3.36. The van der Waals surface area contributed by atoms with Crippen LogP contribution >= 0.6 is 11.6 Å². The van der Waals surface area contributed by atoms with Gasteiger partial charge in [0, 0.05) is 22.6 Å². The number of pyridine rings is 1. The van der Waals surface area contributed by atoms with Crippen LogP contribution in [0.15, 0.2) is 48.5 Å². The van der Waals surface area contributed by atoms with Crippen molar-refractivity contribution in [1.82, 2.24) is 4.98 Å². The van der Waals surface area contributed by atoms with Crippen LogP contribution in [0.3, 0.4) is 0 Å². The molecule has 0 saturated carbocycles. The van der Waals surface area contributed by atoms with Gasteiger partial charge in [-0.25, -0.2) is 9.37 Å². The zero-order valence-electron chi connectivity index (χ0n) is 11.2. The Kier molecular flexibility index (Phi) is 3.86. The largest absolute Gasteiger partial charge is 0.396 e. The van der Waals surface area contributed by atoms with Crippen molar-refractivity contribution in [3.8, 4) is 11.3 Å². The number of benzene rings is 2. The quantitative estimate of drug-likeness (QED) is 0.785. The maximum atomic E-state index is 13.5. The van der Waals surface area contributed by atoms with Gasteiger partial charge in [0.25, 0.3) is 0 Å². The second-order valence-electron chi connectivity index (χ2n) is 4.79. The van der Waals surface area contributed by atoms with Gasteiger partial charge in [0.2, 0.25) is 0 Å². The zero-order chi connectivity index (χ0) is 14.8. The molecule has 0 aliphatic rings. The molecule has 0 radical (unpaired) electrons. The van der Waals surface area contributed by atoms with E-state index in [1.807, 2.05) is 24.3 Å². The van der Waals surface area contributed by atoms with Crippen LogP contribution in [0.2, 0.25) is 5.02 Å². The Morgan fingerprint density at radius 2 is 1.90 bits per heavy atom. The molecule has 0 aliphatic heterocycles. The summed E-state index contributed by atoms with van der Waals surface area (Å²) >= 11 is 6.19. The number of hydrogen-bond acceptors (Lipinski definition) is 2. The Bertz CT molecular complexity index is 804. The standard InChI is InChI=1S/C17H13ClFNO/c18-15-5-2-6-16-14(15)10-12(7-8-21)17(20-16)11-3-1-4-13(19)9-11/h1-6,9-10,21H,7-8H2. The second kappa shape index (κ2) is 5.80. The molecule has 0 spiro atoms. The van der Waals surface area contributed by atoms with E-state index < -0.39 is 0 Å². The Morgan fingerprint density at radius 1 is 1.10 bits per heavy atom. The highest BCUT2D eigenvalue weighted by Crippen LogP contribution is 2.29. The fraction of sp³-hybridized carbons (Fsp3) is 0.118. The molecule has 2 nitrogen and oxygen atoms in total. The van der Waals surface area contributed by atoms with Crippen LogP contribution in [-0.4, -0.2) is 16.7 Å². The maximum Gasteiger partial charge on any atom is 0.123 e. The molecular weight excluding hydrogens is 289 g/mol. The summed E-state index contributed by atoms with van der Waals surface area (Å²) in [5.74, 6) is -0.310. The van der Waals surface area contributed by atoms with Crippen LogP contribution in [0.25, 0.3) is 22.2 Å². The fourth-order valence-electron chi connectivity index (χ4n) is 2.40. The predicted molar refractivity (Wildman–Crippen MR) is 82.9 cm³/mol. The minimum absolute atomic E-state index is 0.0000446. The third kappa shape index (κ3) is 2.75. The van der Waals surface area contributed by atoms with Gasteiger partial charge < -0.3 is 5.11 Å². The number of halogens is 2. The number of hydrogen-bond donors (Lipinski definition) is 1. The average molecular weight is 302 g/mol. The molecule has 0 unspecified atom stereocenters. The van der Waals surface area contributed by atoms with E-state index in [0.29, 0.717) is 22.7 Å². The molecule has 21 heavy (non-hydrogen) atoms. The van der Waals surface area contributed by atoms with Gasteiger partial charge in [-0.05, 0) is 42.3 Å². The third-order valence-corrected chi connectivity index (χ3v) is 3.69. The van der Waals surface area contributed by atoms with Gasteiger partial charge in [-0.2, -0.15) is 0 Å². The van der Waals surface area contributed by atoms with Gasteiger partial charge in [-0.15, -0.1) is 0 Å². The molecule has 0 bridgehead atoms. The van der Waals surface area contributed by atoms with Crippen molar-refractivity contribution in [3.63, 3.8) is 0 Å². The SMILES string of the molecule is OCCc1cc2c(Cl)cccc2nc1-c1cccc(F)c1. The molecule has 0 amide bonds. The summed E-state index contributed by atoms with van der Waals surface area (Å²) in [6.07, 6.45) is 0.444. The summed E-state index contributed by atoms with van der Waals surface area (Å²) in [5.41, 5.74) is 2.98. The molecular formula is C17H13ClFNO. The molecule has 3 aromatic rings. The van der Waals surface area contributed by atoms with Crippen molar-refractivity contribution in [3.05, 3.63) is 64.9 Å². The van der Waals surface area contributed by atoms with Crippen LogP contribution < -0.4 is 0 Å². The monoisotopic (exact) mass is 301 g/mol. The van der Waals surface area contributed by atoms with Crippen LogP contribution in [0.5, 0.6) is 0 Å². The molecule has 0 saturated heterocycles. The van der Waals surface area contributed by atoms with Crippen molar-refractivity contribution in [2.45, 2.75) is 6.42 Å². The van der Waals surface area contributed by atoms with Gasteiger partial charge in [-0.3, -0.25) is 0 Å². The summed E-state index contributed by atoms with van der Waals surface area (Å²) in [5, 5.41) is 10.7. The molecule has 3 rings (SSSR count). The summed E-state index contributed by atoms with van der Waals surface area (Å²) < 4.78 is 13.5. The summed E-state index contributed by atoms with van der Waals surface area (Å²) in [7, 11) is 0. The molecule has 4 heteroatoms. The first-order chi connectivity index (χ1) is 10.2. The predicted octanol–water partition coefficient (Wildman–Crippen LogP) is 4.23. The van der Waals surface area contributed by atoms with Crippen LogP contribution in [0, 0.1) is 5.82 Å². The molecule has 1 aromatic heterocycles. The molecule has 2 aromatic carbocycles. The molecule has 0 aliphatic carbocycles. The van der Waals surface area contributed by atoms with Crippen molar-refractivity contribution in [1.29, 1.82) is 0 Å². The molecule has 1 N–H and O–H groups in total. The molecule has 106 valence electrons. The number of fused-ring (bicyclic) bond motifs is 1. The molecule has 0 atom stereocenters. The summed E-state index contributed by atoms with van der Waals surface area (Å²) in [6.45, 7) is -0.0000446. The van der Waals surface area contributed by atoms with E-state index >= 15 is 0 Å². The normalized spacial score (nSPS) is 11.0. The van der Waals surface area contributed by atoms with E-state index in [2.05, 4.69) is 4.98 Å². The van der Waals surface area contributed by atoms with E-state index in [9.17, 15) is 9.50 Å². The first-order valence-corrected chi connectivity index (χ1v) is 7.02. The lowest BCUT2D eigenvalue weighted by Crippen LogP contribution is -1.98. The average Bonchev–Trinajstić information content (AvgIpc) is 2.48. The van der Waals surface area contributed by atoms with Crippen LogP contribution in [0.4, 0.5) is 4.39 Å². The Hall–Kier alpha value is -1.97. The van der Waals surface area contributed by atoms with Crippen molar-refractivity contribution < 1.29 is 9.50 Å².